The molecule has 0 amide bonds. The minimum Gasteiger partial charge on any atom is -0.369 e. The lowest BCUT2D eigenvalue weighted by Gasteiger charge is -2.20. The molecule has 0 spiro atoms. The average Bonchev–Trinajstić information content (AvgIpc) is 3.12. The van der Waals surface area contributed by atoms with Gasteiger partial charge in [0.15, 0.2) is 0 Å². The molecule has 0 aliphatic carbocycles. The molecule has 1 saturated heterocycles. The fourth-order valence-electron chi connectivity index (χ4n) is 3.81. The Kier molecular flexibility index (Phi) is 4.50. The first-order valence-electron chi connectivity index (χ1n) is 8.57. The lowest BCUT2D eigenvalue weighted by molar-refractivity contribution is 0.603. The maximum atomic E-state index is 6.18. The minimum absolute atomic E-state index is 0.304. The molecule has 4 rings (SSSR count). The lowest BCUT2D eigenvalue weighted by atomic mass is 9.97. The summed E-state index contributed by atoms with van der Waals surface area (Å²) in [4.78, 5) is 0. The molecule has 0 radical (unpaired) electrons. The van der Waals surface area contributed by atoms with Gasteiger partial charge in [0, 0.05) is 29.9 Å². The highest BCUT2D eigenvalue weighted by Crippen LogP contribution is 2.46. The molecule has 1 aromatic heterocycles. The van der Waals surface area contributed by atoms with Gasteiger partial charge in [-0.3, -0.25) is 4.68 Å². The van der Waals surface area contributed by atoms with Crippen molar-refractivity contribution in [3.05, 3.63) is 45.6 Å². The molecule has 4 nitrogen and oxygen atoms in total. The van der Waals surface area contributed by atoms with Crippen LogP contribution in [-0.4, -0.2) is 28.6 Å². The summed E-state index contributed by atoms with van der Waals surface area (Å²) in [7, 11) is 2.05. The summed E-state index contributed by atoms with van der Waals surface area (Å²) in [5.74, 6) is 2.25. The molecule has 2 unspecified atom stereocenters. The largest absolute Gasteiger partial charge is 0.369 e. The second-order valence-electron chi connectivity index (χ2n) is 6.60. The van der Waals surface area contributed by atoms with Crippen molar-refractivity contribution in [2.75, 3.05) is 24.2 Å². The Labute approximate surface area is 152 Å². The monoisotopic (exact) mass is 362 g/mol. The summed E-state index contributed by atoms with van der Waals surface area (Å²) in [6.07, 6.45) is 2.39. The van der Waals surface area contributed by atoms with E-state index in [-0.39, 0.29) is 0 Å². The van der Waals surface area contributed by atoms with Crippen LogP contribution in [0.15, 0.2) is 18.2 Å². The molecule has 2 N–H and O–H groups in total. The fourth-order valence-corrected chi connectivity index (χ4v) is 5.34. The standard InChI is InChI=1S/C18H23ClN4S/c1-11-10-12(19)5-6-13(11)17-15-16(14-4-3-7-20-14)22-23(2)18(15)21-8-9-24-17/h5-6,10,14,17,20-21H,3-4,7-9H2,1-2H3. The molecule has 2 aliphatic rings. The number of aromatic nitrogens is 2. The quantitative estimate of drug-likeness (QED) is 0.845. The zero-order chi connectivity index (χ0) is 16.7. The molecule has 24 heavy (non-hydrogen) atoms. The van der Waals surface area contributed by atoms with Crippen LogP contribution in [0.2, 0.25) is 5.02 Å². The fraction of sp³-hybridized carbons (Fsp3) is 0.500. The van der Waals surface area contributed by atoms with Gasteiger partial charge in [0.05, 0.1) is 17.0 Å². The van der Waals surface area contributed by atoms with Gasteiger partial charge in [-0.1, -0.05) is 17.7 Å². The molecule has 0 saturated carbocycles. The van der Waals surface area contributed by atoms with Crippen LogP contribution in [0.3, 0.4) is 0 Å². The molecule has 1 fully saturated rings. The van der Waals surface area contributed by atoms with Gasteiger partial charge in [-0.2, -0.15) is 5.10 Å². The van der Waals surface area contributed by atoms with Crippen molar-refractivity contribution in [2.45, 2.75) is 31.1 Å². The van der Waals surface area contributed by atoms with Crippen molar-refractivity contribution >= 4 is 29.2 Å². The summed E-state index contributed by atoms with van der Waals surface area (Å²) in [6, 6.07) is 6.63. The maximum Gasteiger partial charge on any atom is 0.129 e. The molecular weight excluding hydrogens is 340 g/mol. The summed E-state index contributed by atoms with van der Waals surface area (Å²) in [5, 5.41) is 13.2. The molecule has 3 heterocycles. The predicted molar refractivity (Wildman–Crippen MR) is 102 cm³/mol. The lowest BCUT2D eigenvalue weighted by Crippen LogP contribution is -2.16. The van der Waals surface area contributed by atoms with Crippen molar-refractivity contribution in [2.24, 2.45) is 7.05 Å². The van der Waals surface area contributed by atoms with Crippen molar-refractivity contribution in [1.29, 1.82) is 0 Å². The summed E-state index contributed by atoms with van der Waals surface area (Å²) in [5.41, 5.74) is 5.17. The second-order valence-corrected chi connectivity index (χ2v) is 8.25. The number of nitrogens with one attached hydrogen (secondary N) is 2. The van der Waals surface area contributed by atoms with E-state index in [1.807, 2.05) is 29.6 Å². The Morgan fingerprint density at radius 3 is 2.96 bits per heavy atom. The average molecular weight is 363 g/mol. The normalized spacial score (nSPS) is 23.6. The highest BCUT2D eigenvalue weighted by molar-refractivity contribution is 7.99. The first-order chi connectivity index (χ1) is 11.6. The SMILES string of the molecule is Cc1cc(Cl)ccc1C1SCCNc2c1c(C1CCCN1)nn2C. The van der Waals surface area contributed by atoms with Gasteiger partial charge in [0.1, 0.15) is 5.82 Å². The number of halogens is 1. The number of nitrogens with zero attached hydrogens (tertiary/aromatic N) is 2. The molecule has 2 aliphatic heterocycles. The summed E-state index contributed by atoms with van der Waals surface area (Å²) < 4.78 is 2.02. The van der Waals surface area contributed by atoms with Crippen LogP contribution in [0.1, 0.15) is 46.5 Å². The molecule has 2 atom stereocenters. The topological polar surface area (TPSA) is 41.9 Å². The molecule has 6 heteroatoms. The number of benzene rings is 1. The van der Waals surface area contributed by atoms with E-state index in [4.69, 9.17) is 16.7 Å². The van der Waals surface area contributed by atoms with E-state index in [0.29, 0.717) is 11.3 Å². The van der Waals surface area contributed by atoms with Crippen LogP contribution in [-0.2, 0) is 7.05 Å². The van der Waals surface area contributed by atoms with E-state index in [2.05, 4.69) is 29.7 Å². The predicted octanol–water partition coefficient (Wildman–Crippen LogP) is 4.05. The third-order valence-corrected chi connectivity index (χ3v) is 6.46. The molecule has 128 valence electrons. The van der Waals surface area contributed by atoms with Gasteiger partial charge >= 0.3 is 0 Å². The van der Waals surface area contributed by atoms with Crippen molar-refractivity contribution < 1.29 is 0 Å². The second kappa shape index (κ2) is 6.62. The zero-order valence-electron chi connectivity index (χ0n) is 14.1. The molecular formula is C18H23ClN4S. The number of hydrogen-bond acceptors (Lipinski definition) is 4. The molecule has 2 aromatic rings. The number of fused-ring (bicyclic) bond motifs is 1. The van der Waals surface area contributed by atoms with Gasteiger partial charge < -0.3 is 10.6 Å². The van der Waals surface area contributed by atoms with Crippen LogP contribution in [0, 0.1) is 6.92 Å². The van der Waals surface area contributed by atoms with Crippen molar-refractivity contribution in [3.63, 3.8) is 0 Å². The first kappa shape index (κ1) is 16.3. The van der Waals surface area contributed by atoms with Crippen LogP contribution < -0.4 is 10.6 Å². The van der Waals surface area contributed by atoms with E-state index in [1.165, 1.54) is 41.0 Å². The number of anilines is 1. The first-order valence-corrected chi connectivity index (χ1v) is 9.99. The third kappa shape index (κ3) is 2.83. The zero-order valence-corrected chi connectivity index (χ0v) is 15.7. The number of aryl methyl sites for hydroxylation is 2. The van der Waals surface area contributed by atoms with Gasteiger partial charge in [-0.15, -0.1) is 11.8 Å². The van der Waals surface area contributed by atoms with Gasteiger partial charge in [0.25, 0.3) is 0 Å². The van der Waals surface area contributed by atoms with Gasteiger partial charge in [-0.25, -0.2) is 0 Å². The van der Waals surface area contributed by atoms with E-state index in [9.17, 15) is 0 Å². The van der Waals surface area contributed by atoms with Crippen LogP contribution in [0.5, 0.6) is 0 Å². The smallest absolute Gasteiger partial charge is 0.129 e. The number of hydrogen-bond donors (Lipinski definition) is 2. The maximum absolute atomic E-state index is 6.18. The van der Waals surface area contributed by atoms with E-state index in [0.717, 1.165) is 23.9 Å². The van der Waals surface area contributed by atoms with E-state index >= 15 is 0 Å². The van der Waals surface area contributed by atoms with E-state index in [1.54, 1.807) is 0 Å². The van der Waals surface area contributed by atoms with Crippen molar-refractivity contribution in [1.82, 2.24) is 15.1 Å². The highest BCUT2D eigenvalue weighted by Gasteiger charge is 2.33. The van der Waals surface area contributed by atoms with Crippen LogP contribution in [0.4, 0.5) is 5.82 Å². The Bertz CT molecular complexity index is 752. The summed E-state index contributed by atoms with van der Waals surface area (Å²) >= 11 is 8.18. The Morgan fingerprint density at radius 2 is 2.21 bits per heavy atom. The van der Waals surface area contributed by atoms with Crippen LogP contribution >= 0.6 is 23.4 Å². The minimum atomic E-state index is 0.304. The van der Waals surface area contributed by atoms with Crippen LogP contribution in [0.25, 0.3) is 0 Å². The summed E-state index contributed by atoms with van der Waals surface area (Å²) in [6.45, 7) is 4.21. The van der Waals surface area contributed by atoms with Gasteiger partial charge in [0.2, 0.25) is 0 Å². The highest BCUT2D eigenvalue weighted by atomic mass is 35.5. The third-order valence-electron chi connectivity index (χ3n) is 4.96. The Hall–Kier alpha value is -1.17. The van der Waals surface area contributed by atoms with Crippen molar-refractivity contribution in [3.8, 4) is 0 Å². The Balaban J connectivity index is 1.85. The Morgan fingerprint density at radius 1 is 1.33 bits per heavy atom. The number of thioether (sulfide) groups is 1. The molecule has 1 aromatic carbocycles. The van der Waals surface area contributed by atoms with Gasteiger partial charge in [-0.05, 0) is 49.6 Å². The number of rotatable bonds is 2. The van der Waals surface area contributed by atoms with E-state index < -0.39 is 0 Å². The molecule has 0 bridgehead atoms.